The summed E-state index contributed by atoms with van der Waals surface area (Å²) in [7, 11) is 4.11. The number of nitrogens with one attached hydrogen (secondary N) is 1. The molecule has 4 rings (SSSR count). The molecule has 1 N–H and O–H groups in total. The molecule has 2 aromatic carbocycles. The number of nitrogens with zero attached hydrogens (tertiary/aromatic N) is 2. The zero-order valence-electron chi connectivity index (χ0n) is 17.5. The van der Waals surface area contributed by atoms with Crippen LogP contribution >= 0.6 is 22.9 Å². The lowest BCUT2D eigenvalue weighted by Gasteiger charge is -2.18. The second kappa shape index (κ2) is 9.22. The Kier molecular flexibility index (Phi) is 6.41. The SMILES string of the molecule is CN(C)Cc1ccccc1-c1ccc(N2CC(NC(=O)c3ccc(Cl)s3)CC2=O)cc1. The van der Waals surface area contributed by atoms with Crippen LogP contribution in [-0.4, -0.2) is 43.4 Å². The van der Waals surface area contributed by atoms with Crippen LogP contribution in [0.15, 0.2) is 60.7 Å². The standard InChI is InChI=1S/C24H24ClN3O2S/c1-27(2)14-17-5-3-4-6-20(17)16-7-9-19(10-8-16)28-15-18(13-23(28)29)26-24(30)21-11-12-22(25)31-21/h3-12,18H,13-15H2,1-2H3,(H,26,30). The predicted molar refractivity (Wildman–Crippen MR) is 127 cm³/mol. The van der Waals surface area contributed by atoms with Gasteiger partial charge in [0.2, 0.25) is 5.91 Å². The van der Waals surface area contributed by atoms with Gasteiger partial charge in [0.1, 0.15) is 0 Å². The van der Waals surface area contributed by atoms with Crippen molar-refractivity contribution in [3.05, 3.63) is 75.4 Å². The summed E-state index contributed by atoms with van der Waals surface area (Å²) < 4.78 is 0.571. The van der Waals surface area contributed by atoms with Crippen molar-refractivity contribution >= 4 is 40.4 Å². The number of carbonyl (C=O) groups is 2. The summed E-state index contributed by atoms with van der Waals surface area (Å²) in [5.41, 5.74) is 4.41. The molecule has 160 valence electrons. The smallest absolute Gasteiger partial charge is 0.261 e. The number of anilines is 1. The minimum Gasteiger partial charge on any atom is -0.346 e. The highest BCUT2D eigenvalue weighted by Gasteiger charge is 2.32. The van der Waals surface area contributed by atoms with Crippen molar-refractivity contribution in [2.45, 2.75) is 19.0 Å². The van der Waals surface area contributed by atoms with E-state index in [4.69, 9.17) is 11.6 Å². The van der Waals surface area contributed by atoms with E-state index in [9.17, 15) is 9.59 Å². The second-order valence-electron chi connectivity index (χ2n) is 7.92. The molecule has 0 aliphatic carbocycles. The number of halogens is 1. The number of thiophene rings is 1. The monoisotopic (exact) mass is 453 g/mol. The maximum atomic E-state index is 12.6. The van der Waals surface area contributed by atoms with Gasteiger partial charge in [-0.15, -0.1) is 11.3 Å². The van der Waals surface area contributed by atoms with Gasteiger partial charge in [-0.2, -0.15) is 0 Å². The van der Waals surface area contributed by atoms with Gasteiger partial charge >= 0.3 is 0 Å². The van der Waals surface area contributed by atoms with E-state index < -0.39 is 0 Å². The van der Waals surface area contributed by atoms with E-state index in [-0.39, 0.29) is 24.3 Å². The normalized spacial score (nSPS) is 16.2. The highest BCUT2D eigenvalue weighted by Crippen LogP contribution is 2.29. The molecule has 1 saturated heterocycles. The Morgan fingerprint density at radius 3 is 2.55 bits per heavy atom. The molecular weight excluding hydrogens is 430 g/mol. The van der Waals surface area contributed by atoms with Crippen molar-refractivity contribution < 1.29 is 9.59 Å². The molecule has 0 spiro atoms. The third-order valence-corrected chi connectivity index (χ3v) is 6.48. The molecule has 1 fully saturated rings. The average Bonchev–Trinajstić information content (AvgIpc) is 3.33. The summed E-state index contributed by atoms with van der Waals surface area (Å²) in [5.74, 6) is -0.181. The molecule has 2 heterocycles. The maximum absolute atomic E-state index is 12.6. The van der Waals surface area contributed by atoms with E-state index in [0.717, 1.165) is 17.8 Å². The molecule has 1 aliphatic heterocycles. The summed E-state index contributed by atoms with van der Waals surface area (Å²) in [5, 5.41) is 2.95. The Labute approximate surface area is 191 Å². The molecule has 0 bridgehead atoms. The molecule has 3 aromatic rings. The van der Waals surface area contributed by atoms with Crippen LogP contribution in [-0.2, 0) is 11.3 Å². The van der Waals surface area contributed by atoms with Crippen molar-refractivity contribution in [2.24, 2.45) is 0 Å². The van der Waals surface area contributed by atoms with Crippen LogP contribution < -0.4 is 10.2 Å². The highest BCUT2D eigenvalue weighted by molar-refractivity contribution is 7.18. The highest BCUT2D eigenvalue weighted by atomic mass is 35.5. The number of rotatable bonds is 6. The van der Waals surface area contributed by atoms with E-state index in [0.29, 0.717) is 15.8 Å². The van der Waals surface area contributed by atoms with Crippen molar-refractivity contribution in [2.75, 3.05) is 25.5 Å². The molecule has 7 heteroatoms. The molecule has 1 aliphatic rings. The lowest BCUT2D eigenvalue weighted by molar-refractivity contribution is -0.117. The van der Waals surface area contributed by atoms with Crippen LogP contribution in [0.25, 0.3) is 11.1 Å². The van der Waals surface area contributed by atoms with Crippen LogP contribution in [0.5, 0.6) is 0 Å². The number of carbonyl (C=O) groups excluding carboxylic acids is 2. The fourth-order valence-corrected chi connectivity index (χ4v) is 4.79. The molecule has 1 aromatic heterocycles. The maximum Gasteiger partial charge on any atom is 0.261 e. The molecule has 5 nitrogen and oxygen atoms in total. The van der Waals surface area contributed by atoms with Crippen LogP contribution in [0, 0.1) is 0 Å². The van der Waals surface area contributed by atoms with Crippen molar-refractivity contribution in [3.63, 3.8) is 0 Å². The second-order valence-corrected chi connectivity index (χ2v) is 9.64. The first-order valence-electron chi connectivity index (χ1n) is 10.1. The summed E-state index contributed by atoms with van der Waals surface area (Å²) in [6.07, 6.45) is 0.290. The number of hydrogen-bond acceptors (Lipinski definition) is 4. The van der Waals surface area contributed by atoms with E-state index in [2.05, 4.69) is 54.6 Å². The number of hydrogen-bond donors (Lipinski definition) is 1. The fraction of sp³-hybridized carbons (Fsp3) is 0.250. The molecule has 0 saturated carbocycles. The fourth-order valence-electron chi connectivity index (χ4n) is 3.85. The van der Waals surface area contributed by atoms with Gasteiger partial charge in [-0.1, -0.05) is 48.0 Å². The first-order chi connectivity index (χ1) is 14.9. The molecule has 31 heavy (non-hydrogen) atoms. The van der Waals surface area contributed by atoms with Gasteiger partial charge in [0.25, 0.3) is 5.91 Å². The molecular formula is C24H24ClN3O2S. The van der Waals surface area contributed by atoms with Crippen LogP contribution in [0.1, 0.15) is 21.7 Å². The minimum atomic E-state index is -0.221. The van der Waals surface area contributed by atoms with Crippen molar-refractivity contribution in [1.82, 2.24) is 10.2 Å². The van der Waals surface area contributed by atoms with Crippen LogP contribution in [0.2, 0.25) is 4.34 Å². The molecule has 2 amide bonds. The lowest BCUT2D eigenvalue weighted by atomic mass is 9.99. The molecule has 1 atom stereocenters. The van der Waals surface area contributed by atoms with Gasteiger partial charge in [-0.05, 0) is 55.1 Å². The quantitative estimate of drug-likeness (QED) is 0.590. The Morgan fingerprint density at radius 2 is 1.87 bits per heavy atom. The van der Waals surface area contributed by atoms with Gasteiger partial charge in [0, 0.05) is 25.2 Å². The number of benzene rings is 2. The topological polar surface area (TPSA) is 52.6 Å². The Bertz CT molecular complexity index is 1090. The Balaban J connectivity index is 1.46. The number of amides is 2. The van der Waals surface area contributed by atoms with E-state index in [1.165, 1.54) is 22.5 Å². The van der Waals surface area contributed by atoms with E-state index >= 15 is 0 Å². The third-order valence-electron chi connectivity index (χ3n) is 5.25. The van der Waals surface area contributed by atoms with Crippen molar-refractivity contribution in [3.8, 4) is 11.1 Å². The van der Waals surface area contributed by atoms with Gasteiger partial charge < -0.3 is 15.1 Å². The van der Waals surface area contributed by atoms with Gasteiger partial charge in [0.05, 0.1) is 15.3 Å². The Morgan fingerprint density at radius 1 is 1.13 bits per heavy atom. The minimum absolute atomic E-state index is 0.00951. The summed E-state index contributed by atoms with van der Waals surface area (Å²) >= 11 is 7.15. The van der Waals surface area contributed by atoms with Crippen LogP contribution in [0.3, 0.4) is 0 Å². The predicted octanol–water partition coefficient (Wildman–Crippen LogP) is 4.67. The summed E-state index contributed by atoms with van der Waals surface area (Å²) in [6.45, 7) is 1.32. The first kappa shape index (κ1) is 21.6. The summed E-state index contributed by atoms with van der Waals surface area (Å²) in [4.78, 5) is 29.4. The van der Waals surface area contributed by atoms with Gasteiger partial charge in [0.15, 0.2) is 0 Å². The van der Waals surface area contributed by atoms with Gasteiger partial charge in [-0.3, -0.25) is 9.59 Å². The zero-order chi connectivity index (χ0) is 22.0. The summed E-state index contributed by atoms with van der Waals surface area (Å²) in [6, 6.07) is 19.6. The molecule has 0 radical (unpaired) electrons. The third kappa shape index (κ3) is 4.98. The van der Waals surface area contributed by atoms with E-state index in [1.54, 1.807) is 17.0 Å². The average molecular weight is 454 g/mol. The van der Waals surface area contributed by atoms with Crippen LogP contribution in [0.4, 0.5) is 5.69 Å². The molecule has 1 unspecified atom stereocenters. The van der Waals surface area contributed by atoms with Crippen molar-refractivity contribution in [1.29, 1.82) is 0 Å². The lowest BCUT2D eigenvalue weighted by Crippen LogP contribution is -2.36. The first-order valence-corrected chi connectivity index (χ1v) is 11.3. The van der Waals surface area contributed by atoms with E-state index in [1.807, 2.05) is 18.2 Å². The largest absolute Gasteiger partial charge is 0.346 e. The Hall–Kier alpha value is -2.67. The zero-order valence-corrected chi connectivity index (χ0v) is 19.0. The van der Waals surface area contributed by atoms with Gasteiger partial charge in [-0.25, -0.2) is 0 Å².